The van der Waals surface area contributed by atoms with Crippen molar-refractivity contribution < 1.29 is 19.4 Å². The Balaban J connectivity index is 1.64. The van der Waals surface area contributed by atoms with Gasteiger partial charge in [0.2, 0.25) is 5.91 Å². The van der Waals surface area contributed by atoms with Crippen molar-refractivity contribution in [2.45, 2.75) is 82.1 Å². The number of hydrogen-bond donors (Lipinski definition) is 2. The van der Waals surface area contributed by atoms with Crippen LogP contribution in [0, 0.1) is 5.92 Å². The highest BCUT2D eigenvalue weighted by Gasteiger charge is 2.32. The van der Waals surface area contributed by atoms with Crippen LogP contribution in [0.4, 0.5) is 0 Å². The van der Waals surface area contributed by atoms with Crippen molar-refractivity contribution in [3.8, 4) is 0 Å². The standard InChI is InChI=1S/C19H36NO4PS/c1-25(23,24)14-8-3-2-7-11-19-20(18(22)15-26-19)13-12-17(21)16-9-5-4-6-10-16/h16-17,19,21H,2-15H2,1H3,(H,23,24). The molecule has 2 aliphatic rings. The van der Waals surface area contributed by atoms with Gasteiger partial charge in [0, 0.05) is 19.4 Å². The van der Waals surface area contributed by atoms with Gasteiger partial charge in [-0.25, -0.2) is 0 Å². The average molecular weight is 406 g/mol. The third-order valence-electron chi connectivity index (χ3n) is 5.70. The number of carbonyl (C=O) groups is 1. The van der Waals surface area contributed by atoms with Crippen molar-refractivity contribution in [1.82, 2.24) is 4.90 Å². The number of thioether (sulfide) groups is 1. The molecule has 2 fully saturated rings. The molecule has 1 amide bonds. The normalized spacial score (nSPS) is 25.4. The molecule has 1 heterocycles. The van der Waals surface area contributed by atoms with E-state index in [9.17, 15) is 19.4 Å². The van der Waals surface area contributed by atoms with E-state index in [0.29, 0.717) is 30.8 Å². The number of aliphatic hydroxyl groups is 1. The second kappa shape index (κ2) is 11.1. The quantitative estimate of drug-likeness (QED) is 0.400. The van der Waals surface area contributed by atoms with E-state index in [1.807, 2.05) is 4.90 Å². The summed E-state index contributed by atoms with van der Waals surface area (Å²) in [6.45, 7) is 2.10. The van der Waals surface area contributed by atoms with Gasteiger partial charge in [0.05, 0.1) is 17.2 Å². The second-order valence-electron chi connectivity index (χ2n) is 8.08. The molecule has 26 heavy (non-hydrogen) atoms. The summed E-state index contributed by atoms with van der Waals surface area (Å²) in [7, 11) is -2.86. The fourth-order valence-electron chi connectivity index (χ4n) is 4.11. The first-order valence-electron chi connectivity index (χ1n) is 10.3. The van der Waals surface area contributed by atoms with Gasteiger partial charge in [0.1, 0.15) is 0 Å². The summed E-state index contributed by atoms with van der Waals surface area (Å²) >= 11 is 1.72. The van der Waals surface area contributed by atoms with Gasteiger partial charge in [-0.15, -0.1) is 11.8 Å². The van der Waals surface area contributed by atoms with E-state index in [1.165, 1.54) is 25.9 Å². The lowest BCUT2D eigenvalue weighted by atomic mass is 9.84. The van der Waals surface area contributed by atoms with Crippen molar-refractivity contribution >= 4 is 25.0 Å². The summed E-state index contributed by atoms with van der Waals surface area (Å²) in [6.07, 6.45) is 11.7. The van der Waals surface area contributed by atoms with Crippen molar-refractivity contribution in [3.05, 3.63) is 0 Å². The van der Waals surface area contributed by atoms with Gasteiger partial charge in [-0.3, -0.25) is 9.36 Å². The van der Waals surface area contributed by atoms with E-state index in [2.05, 4.69) is 0 Å². The first kappa shape index (κ1) is 22.3. The highest BCUT2D eigenvalue weighted by molar-refractivity contribution is 8.00. The van der Waals surface area contributed by atoms with Crippen LogP contribution in [0.15, 0.2) is 0 Å². The molecular weight excluding hydrogens is 369 g/mol. The van der Waals surface area contributed by atoms with Crippen LogP contribution in [0.1, 0.15) is 70.6 Å². The minimum atomic E-state index is -2.86. The fraction of sp³-hybridized carbons (Fsp3) is 0.947. The molecule has 1 saturated carbocycles. The zero-order valence-corrected chi connectivity index (χ0v) is 17.9. The molecule has 0 aromatic heterocycles. The Morgan fingerprint density at radius 1 is 1.19 bits per heavy atom. The van der Waals surface area contributed by atoms with Crippen molar-refractivity contribution in [2.75, 3.05) is 25.1 Å². The van der Waals surface area contributed by atoms with Crippen LogP contribution >= 0.6 is 19.1 Å². The Kier molecular flexibility index (Phi) is 9.49. The lowest BCUT2D eigenvalue weighted by Gasteiger charge is -2.29. The topological polar surface area (TPSA) is 77.8 Å². The van der Waals surface area contributed by atoms with E-state index in [1.54, 1.807) is 11.8 Å². The molecule has 152 valence electrons. The van der Waals surface area contributed by atoms with Crippen LogP contribution in [0.5, 0.6) is 0 Å². The van der Waals surface area contributed by atoms with Gasteiger partial charge in [-0.05, 0) is 38.0 Å². The largest absolute Gasteiger partial charge is 0.393 e. The van der Waals surface area contributed by atoms with Crippen LogP contribution < -0.4 is 0 Å². The third-order valence-corrected chi connectivity index (χ3v) is 8.14. The Hall–Kier alpha value is -0.0300. The van der Waals surface area contributed by atoms with Gasteiger partial charge in [0.15, 0.2) is 7.37 Å². The number of amides is 1. The van der Waals surface area contributed by atoms with Gasteiger partial charge in [0.25, 0.3) is 0 Å². The maximum atomic E-state index is 12.2. The summed E-state index contributed by atoms with van der Waals surface area (Å²) in [6, 6.07) is 0. The first-order valence-corrected chi connectivity index (χ1v) is 13.6. The van der Waals surface area contributed by atoms with Crippen LogP contribution in [0.3, 0.4) is 0 Å². The minimum absolute atomic E-state index is 0.211. The molecule has 2 rings (SSSR count). The van der Waals surface area contributed by atoms with Crippen molar-refractivity contribution in [3.63, 3.8) is 0 Å². The van der Waals surface area contributed by atoms with E-state index in [4.69, 9.17) is 0 Å². The van der Waals surface area contributed by atoms with Crippen molar-refractivity contribution in [2.24, 2.45) is 5.92 Å². The average Bonchev–Trinajstić information content (AvgIpc) is 2.95. The third kappa shape index (κ3) is 7.92. The molecular formula is C19H36NO4PS. The zero-order chi connectivity index (χ0) is 19.0. The summed E-state index contributed by atoms with van der Waals surface area (Å²) < 4.78 is 11.3. The lowest BCUT2D eigenvalue weighted by Crippen LogP contribution is -2.36. The molecule has 0 aromatic carbocycles. The van der Waals surface area contributed by atoms with E-state index in [-0.39, 0.29) is 17.4 Å². The Morgan fingerprint density at radius 3 is 2.58 bits per heavy atom. The van der Waals surface area contributed by atoms with E-state index >= 15 is 0 Å². The van der Waals surface area contributed by atoms with Gasteiger partial charge in [-0.1, -0.05) is 38.5 Å². The number of aliphatic hydroxyl groups excluding tert-OH is 1. The minimum Gasteiger partial charge on any atom is -0.393 e. The molecule has 2 N–H and O–H groups in total. The summed E-state index contributed by atoms with van der Waals surface area (Å²) in [5.41, 5.74) is 0. The molecule has 0 radical (unpaired) electrons. The Labute approximate surface area is 162 Å². The van der Waals surface area contributed by atoms with Crippen LogP contribution in [0.25, 0.3) is 0 Å². The molecule has 5 nitrogen and oxygen atoms in total. The maximum Gasteiger partial charge on any atom is 0.233 e. The van der Waals surface area contributed by atoms with Crippen LogP contribution in [0.2, 0.25) is 0 Å². The predicted octanol–water partition coefficient (Wildman–Crippen LogP) is 4.07. The van der Waals surface area contributed by atoms with E-state index < -0.39 is 7.37 Å². The van der Waals surface area contributed by atoms with Crippen LogP contribution in [-0.4, -0.2) is 57.4 Å². The molecule has 1 aliphatic carbocycles. The van der Waals surface area contributed by atoms with Gasteiger partial charge < -0.3 is 14.9 Å². The number of hydrogen-bond acceptors (Lipinski definition) is 4. The summed E-state index contributed by atoms with van der Waals surface area (Å²) in [4.78, 5) is 23.5. The first-order chi connectivity index (χ1) is 12.4. The zero-order valence-electron chi connectivity index (χ0n) is 16.1. The van der Waals surface area contributed by atoms with Crippen LogP contribution in [-0.2, 0) is 9.36 Å². The Bertz CT molecular complexity index is 478. The molecule has 3 unspecified atom stereocenters. The summed E-state index contributed by atoms with van der Waals surface area (Å²) in [5, 5.41) is 10.7. The maximum absolute atomic E-state index is 12.2. The van der Waals surface area contributed by atoms with Gasteiger partial charge in [-0.2, -0.15) is 0 Å². The highest BCUT2D eigenvalue weighted by atomic mass is 32.2. The summed E-state index contributed by atoms with van der Waals surface area (Å²) in [5.74, 6) is 1.20. The fourth-order valence-corrected chi connectivity index (χ4v) is 6.16. The smallest absolute Gasteiger partial charge is 0.233 e. The lowest BCUT2D eigenvalue weighted by molar-refractivity contribution is -0.128. The monoisotopic (exact) mass is 405 g/mol. The number of nitrogens with zero attached hydrogens (tertiary/aromatic N) is 1. The molecule has 1 saturated heterocycles. The number of carbonyl (C=O) groups excluding carboxylic acids is 1. The molecule has 0 aromatic rings. The van der Waals surface area contributed by atoms with Gasteiger partial charge >= 0.3 is 0 Å². The van der Waals surface area contributed by atoms with E-state index in [0.717, 1.165) is 44.9 Å². The SMILES string of the molecule is CP(=O)(O)CCCCCCC1SCC(=O)N1CCC(O)C1CCCCC1. The highest BCUT2D eigenvalue weighted by Crippen LogP contribution is 2.36. The molecule has 0 bridgehead atoms. The Morgan fingerprint density at radius 2 is 1.88 bits per heavy atom. The molecule has 0 spiro atoms. The number of unbranched alkanes of at least 4 members (excludes halogenated alkanes) is 3. The molecule has 3 atom stereocenters. The van der Waals surface area contributed by atoms with Crippen molar-refractivity contribution in [1.29, 1.82) is 0 Å². The predicted molar refractivity (Wildman–Crippen MR) is 109 cm³/mol. The second-order valence-corrected chi connectivity index (χ2v) is 11.8. The molecule has 1 aliphatic heterocycles. The molecule has 7 heteroatoms. The number of rotatable bonds is 11.